The van der Waals surface area contributed by atoms with Crippen molar-refractivity contribution in [2.75, 3.05) is 0 Å². The normalized spacial score (nSPS) is 11.2. The molecule has 0 spiro atoms. The minimum atomic E-state index is 0.479. The van der Waals surface area contributed by atoms with Gasteiger partial charge in [0.15, 0.2) is 11.5 Å². The maximum atomic E-state index is 5.47. The van der Waals surface area contributed by atoms with Crippen molar-refractivity contribution in [3.63, 3.8) is 0 Å². The highest BCUT2D eigenvalue weighted by Crippen LogP contribution is 2.26. The molecule has 0 aliphatic rings. The second-order valence-corrected chi connectivity index (χ2v) is 5.76. The van der Waals surface area contributed by atoms with Gasteiger partial charge in [0.1, 0.15) is 5.52 Å². The predicted octanol–water partition coefficient (Wildman–Crippen LogP) is 4.62. The van der Waals surface area contributed by atoms with E-state index >= 15 is 0 Å². The fourth-order valence-corrected chi connectivity index (χ4v) is 2.66. The number of oxazole rings is 1. The molecule has 0 unspecified atom stereocenters. The lowest BCUT2D eigenvalue weighted by atomic mass is 10.2. The van der Waals surface area contributed by atoms with Crippen LogP contribution in [0.5, 0.6) is 0 Å². The zero-order valence-electron chi connectivity index (χ0n) is 11.6. The molecule has 22 heavy (non-hydrogen) atoms. The van der Waals surface area contributed by atoms with E-state index in [1.54, 1.807) is 0 Å². The van der Waals surface area contributed by atoms with Crippen LogP contribution in [0.4, 0.5) is 0 Å². The lowest BCUT2D eigenvalue weighted by Crippen LogP contribution is -1.82. The standard InChI is InChI=1S/C16H10BrN3O2/c1-9-18-13-8-10(5-6-14(13)21-9)15-19-16(22-20-15)11-3-2-4-12(17)7-11/h2-8H,1H3. The fourth-order valence-electron chi connectivity index (χ4n) is 2.26. The molecule has 2 aromatic carbocycles. The van der Waals surface area contributed by atoms with Crippen LogP contribution in [-0.4, -0.2) is 15.1 Å². The highest BCUT2D eigenvalue weighted by molar-refractivity contribution is 9.10. The molecule has 0 fully saturated rings. The summed E-state index contributed by atoms with van der Waals surface area (Å²) in [6, 6.07) is 13.4. The zero-order valence-corrected chi connectivity index (χ0v) is 13.2. The topological polar surface area (TPSA) is 65.0 Å². The highest BCUT2D eigenvalue weighted by atomic mass is 79.9. The molecular weight excluding hydrogens is 346 g/mol. The van der Waals surface area contributed by atoms with Crippen LogP contribution in [0.25, 0.3) is 33.9 Å². The van der Waals surface area contributed by atoms with E-state index in [1.807, 2.05) is 49.4 Å². The predicted molar refractivity (Wildman–Crippen MR) is 85.2 cm³/mol. The molecule has 0 radical (unpaired) electrons. The number of benzene rings is 2. The summed E-state index contributed by atoms with van der Waals surface area (Å²) in [5, 5.41) is 4.05. The van der Waals surface area contributed by atoms with Gasteiger partial charge in [-0.3, -0.25) is 0 Å². The van der Waals surface area contributed by atoms with Crippen LogP contribution in [-0.2, 0) is 0 Å². The van der Waals surface area contributed by atoms with Crippen molar-refractivity contribution in [1.29, 1.82) is 0 Å². The number of rotatable bonds is 2. The van der Waals surface area contributed by atoms with Crippen LogP contribution >= 0.6 is 15.9 Å². The van der Waals surface area contributed by atoms with Crippen LogP contribution in [0, 0.1) is 6.92 Å². The summed E-state index contributed by atoms with van der Waals surface area (Å²) < 4.78 is 11.8. The summed E-state index contributed by atoms with van der Waals surface area (Å²) in [6.45, 7) is 1.82. The summed E-state index contributed by atoms with van der Waals surface area (Å²) in [4.78, 5) is 8.77. The van der Waals surface area contributed by atoms with Crippen molar-refractivity contribution in [3.05, 3.63) is 52.8 Å². The number of hydrogen-bond acceptors (Lipinski definition) is 5. The van der Waals surface area contributed by atoms with Crippen LogP contribution in [0.3, 0.4) is 0 Å². The van der Waals surface area contributed by atoms with Gasteiger partial charge in [0.25, 0.3) is 5.89 Å². The Morgan fingerprint density at radius 2 is 1.91 bits per heavy atom. The smallest absolute Gasteiger partial charge is 0.258 e. The van der Waals surface area contributed by atoms with E-state index in [-0.39, 0.29) is 0 Å². The average molecular weight is 356 g/mol. The van der Waals surface area contributed by atoms with Crippen LogP contribution in [0.2, 0.25) is 0 Å². The Morgan fingerprint density at radius 3 is 2.77 bits per heavy atom. The van der Waals surface area contributed by atoms with Gasteiger partial charge in [-0.25, -0.2) is 4.98 Å². The Balaban J connectivity index is 1.76. The monoisotopic (exact) mass is 355 g/mol. The zero-order chi connectivity index (χ0) is 15.1. The number of halogens is 1. The SMILES string of the molecule is Cc1nc2cc(-c3noc(-c4cccc(Br)c4)n3)ccc2o1. The molecule has 0 bridgehead atoms. The summed E-state index contributed by atoms with van der Waals surface area (Å²) >= 11 is 3.43. The van der Waals surface area contributed by atoms with E-state index in [9.17, 15) is 0 Å². The molecule has 6 heteroatoms. The van der Waals surface area contributed by atoms with Gasteiger partial charge < -0.3 is 8.94 Å². The highest BCUT2D eigenvalue weighted by Gasteiger charge is 2.12. The van der Waals surface area contributed by atoms with E-state index in [0.717, 1.165) is 26.7 Å². The average Bonchev–Trinajstić information content (AvgIpc) is 3.11. The molecule has 0 saturated carbocycles. The van der Waals surface area contributed by atoms with Crippen molar-refractivity contribution in [2.45, 2.75) is 6.92 Å². The van der Waals surface area contributed by atoms with Crippen molar-refractivity contribution in [2.24, 2.45) is 0 Å². The molecule has 0 N–H and O–H groups in total. The third-order valence-corrected chi connectivity index (χ3v) is 3.74. The minimum Gasteiger partial charge on any atom is -0.441 e. The second kappa shape index (κ2) is 5.06. The number of aryl methyl sites for hydroxylation is 1. The molecule has 108 valence electrons. The van der Waals surface area contributed by atoms with Crippen molar-refractivity contribution >= 4 is 27.0 Å². The first-order chi connectivity index (χ1) is 10.7. The largest absolute Gasteiger partial charge is 0.441 e. The molecule has 2 aromatic heterocycles. The molecule has 5 nitrogen and oxygen atoms in total. The summed E-state index contributed by atoms with van der Waals surface area (Å²) in [7, 11) is 0. The van der Waals surface area contributed by atoms with Crippen molar-refractivity contribution < 1.29 is 8.94 Å². The summed E-state index contributed by atoms with van der Waals surface area (Å²) in [6.07, 6.45) is 0. The number of aromatic nitrogens is 3. The Morgan fingerprint density at radius 1 is 1.00 bits per heavy atom. The van der Waals surface area contributed by atoms with Crippen LogP contribution in [0.15, 0.2) is 55.9 Å². The van der Waals surface area contributed by atoms with Gasteiger partial charge in [0.2, 0.25) is 5.82 Å². The molecule has 0 aliphatic heterocycles. The molecule has 2 heterocycles. The third kappa shape index (κ3) is 2.31. The molecule has 0 atom stereocenters. The molecule has 4 rings (SSSR count). The lowest BCUT2D eigenvalue weighted by molar-refractivity contribution is 0.432. The Labute approximate surface area is 134 Å². The molecule has 0 saturated heterocycles. The maximum absolute atomic E-state index is 5.47. The Kier molecular flexibility index (Phi) is 3.04. The van der Waals surface area contributed by atoms with E-state index in [4.69, 9.17) is 8.94 Å². The van der Waals surface area contributed by atoms with E-state index in [1.165, 1.54) is 0 Å². The van der Waals surface area contributed by atoms with Gasteiger partial charge in [0.05, 0.1) is 0 Å². The molecular formula is C16H10BrN3O2. The van der Waals surface area contributed by atoms with E-state index in [2.05, 4.69) is 31.1 Å². The second-order valence-electron chi connectivity index (χ2n) is 4.85. The first-order valence-electron chi connectivity index (χ1n) is 6.66. The summed E-state index contributed by atoms with van der Waals surface area (Å²) in [5.74, 6) is 1.64. The summed E-state index contributed by atoms with van der Waals surface area (Å²) in [5.41, 5.74) is 3.23. The van der Waals surface area contributed by atoms with Gasteiger partial charge in [-0.15, -0.1) is 0 Å². The Bertz CT molecular complexity index is 974. The Hall–Kier alpha value is -2.47. The van der Waals surface area contributed by atoms with E-state index in [0.29, 0.717) is 17.6 Å². The van der Waals surface area contributed by atoms with Crippen molar-refractivity contribution in [1.82, 2.24) is 15.1 Å². The van der Waals surface area contributed by atoms with Gasteiger partial charge in [0, 0.05) is 22.5 Å². The molecule has 4 aromatic rings. The fraction of sp³-hybridized carbons (Fsp3) is 0.0625. The molecule has 0 aliphatic carbocycles. The van der Waals surface area contributed by atoms with Gasteiger partial charge in [-0.05, 0) is 36.4 Å². The maximum Gasteiger partial charge on any atom is 0.258 e. The third-order valence-electron chi connectivity index (χ3n) is 3.25. The number of nitrogens with zero attached hydrogens (tertiary/aromatic N) is 3. The first-order valence-corrected chi connectivity index (χ1v) is 7.45. The van der Waals surface area contributed by atoms with E-state index < -0.39 is 0 Å². The van der Waals surface area contributed by atoms with Crippen LogP contribution in [0.1, 0.15) is 5.89 Å². The number of fused-ring (bicyclic) bond motifs is 1. The van der Waals surface area contributed by atoms with Crippen LogP contribution < -0.4 is 0 Å². The first kappa shape index (κ1) is 13.2. The van der Waals surface area contributed by atoms with Gasteiger partial charge >= 0.3 is 0 Å². The minimum absolute atomic E-state index is 0.479. The quantitative estimate of drug-likeness (QED) is 0.525. The van der Waals surface area contributed by atoms with Gasteiger partial charge in [-0.2, -0.15) is 4.98 Å². The van der Waals surface area contributed by atoms with Crippen molar-refractivity contribution in [3.8, 4) is 22.8 Å². The molecule has 0 amide bonds. The van der Waals surface area contributed by atoms with Gasteiger partial charge in [-0.1, -0.05) is 27.2 Å². The lowest BCUT2D eigenvalue weighted by Gasteiger charge is -1.94. The number of hydrogen-bond donors (Lipinski definition) is 0.